The standard InChI is InChI=1S/C17H22N2OS/c1-12(13-8-9-13)19(2)17-18-15(11-21-17)10-16(20)14-6-4-3-5-7-14/h3-7,11-13,16,20H,8-10H2,1-2H3. The molecule has 1 aromatic carbocycles. The van der Waals surface area contributed by atoms with E-state index < -0.39 is 6.10 Å². The minimum absolute atomic E-state index is 0.479. The van der Waals surface area contributed by atoms with E-state index in [2.05, 4.69) is 24.3 Å². The van der Waals surface area contributed by atoms with E-state index in [9.17, 15) is 5.11 Å². The fourth-order valence-corrected chi connectivity index (χ4v) is 3.51. The molecule has 0 spiro atoms. The molecule has 1 aliphatic rings. The first-order valence-corrected chi connectivity index (χ1v) is 8.43. The molecule has 4 heteroatoms. The first kappa shape index (κ1) is 14.5. The van der Waals surface area contributed by atoms with Gasteiger partial charge in [0.2, 0.25) is 0 Å². The maximum atomic E-state index is 10.3. The SMILES string of the molecule is CC(C1CC1)N(C)c1nc(CC(O)c2ccccc2)cs1. The van der Waals surface area contributed by atoms with Gasteiger partial charge in [-0.2, -0.15) is 0 Å². The minimum atomic E-state index is -0.479. The summed E-state index contributed by atoms with van der Waals surface area (Å²) in [4.78, 5) is 6.97. The fraction of sp³-hybridized carbons (Fsp3) is 0.471. The van der Waals surface area contributed by atoms with Crippen LogP contribution in [-0.2, 0) is 6.42 Å². The van der Waals surface area contributed by atoms with Gasteiger partial charge in [0.25, 0.3) is 0 Å². The third-order valence-electron chi connectivity index (χ3n) is 4.34. The lowest BCUT2D eigenvalue weighted by Crippen LogP contribution is -2.30. The Morgan fingerprint density at radius 1 is 1.33 bits per heavy atom. The Kier molecular flexibility index (Phi) is 4.27. The van der Waals surface area contributed by atoms with Crippen molar-refractivity contribution in [2.75, 3.05) is 11.9 Å². The number of thiazole rings is 1. The molecule has 1 aromatic heterocycles. The molecule has 0 saturated heterocycles. The summed E-state index contributed by atoms with van der Waals surface area (Å²) >= 11 is 1.67. The number of hydrogen-bond acceptors (Lipinski definition) is 4. The molecular formula is C17H22N2OS. The van der Waals surface area contributed by atoms with Gasteiger partial charge in [0.1, 0.15) is 0 Å². The van der Waals surface area contributed by atoms with Gasteiger partial charge in [-0.25, -0.2) is 4.98 Å². The summed E-state index contributed by atoms with van der Waals surface area (Å²) in [5.41, 5.74) is 1.92. The maximum Gasteiger partial charge on any atom is 0.185 e. The number of benzene rings is 1. The van der Waals surface area contributed by atoms with Crippen LogP contribution in [0.15, 0.2) is 35.7 Å². The second-order valence-electron chi connectivity index (χ2n) is 5.94. The lowest BCUT2D eigenvalue weighted by Gasteiger charge is -2.23. The van der Waals surface area contributed by atoms with E-state index in [0.717, 1.165) is 22.3 Å². The third-order valence-corrected chi connectivity index (χ3v) is 5.32. The van der Waals surface area contributed by atoms with E-state index in [4.69, 9.17) is 4.98 Å². The average molecular weight is 302 g/mol. The monoisotopic (exact) mass is 302 g/mol. The molecule has 21 heavy (non-hydrogen) atoms. The Morgan fingerprint density at radius 2 is 2.05 bits per heavy atom. The second kappa shape index (κ2) is 6.16. The molecule has 1 fully saturated rings. The summed E-state index contributed by atoms with van der Waals surface area (Å²) in [5.74, 6) is 0.831. The molecule has 2 aromatic rings. The number of nitrogens with zero attached hydrogens (tertiary/aromatic N) is 2. The van der Waals surface area contributed by atoms with Crippen LogP contribution >= 0.6 is 11.3 Å². The molecular weight excluding hydrogens is 280 g/mol. The highest BCUT2D eigenvalue weighted by atomic mass is 32.1. The number of hydrogen-bond donors (Lipinski definition) is 1. The van der Waals surface area contributed by atoms with E-state index in [-0.39, 0.29) is 0 Å². The molecule has 3 rings (SSSR count). The molecule has 2 atom stereocenters. The average Bonchev–Trinajstić information content (AvgIpc) is 3.26. The van der Waals surface area contributed by atoms with Gasteiger partial charge in [0.05, 0.1) is 11.8 Å². The van der Waals surface area contributed by atoms with E-state index in [1.54, 1.807) is 11.3 Å². The summed E-state index contributed by atoms with van der Waals surface area (Å²) in [6.07, 6.45) is 2.78. The van der Waals surface area contributed by atoms with Crippen LogP contribution < -0.4 is 4.90 Å². The van der Waals surface area contributed by atoms with Gasteiger partial charge in [0, 0.05) is 24.9 Å². The Bertz CT molecular complexity index is 579. The summed E-state index contributed by atoms with van der Waals surface area (Å²) in [5, 5.41) is 13.4. The highest BCUT2D eigenvalue weighted by Gasteiger charge is 2.31. The van der Waals surface area contributed by atoms with Crippen molar-refractivity contribution in [2.24, 2.45) is 5.92 Å². The molecule has 0 bridgehead atoms. The van der Waals surface area contributed by atoms with E-state index >= 15 is 0 Å². The second-order valence-corrected chi connectivity index (χ2v) is 6.78. The van der Waals surface area contributed by atoms with Gasteiger partial charge in [0.15, 0.2) is 5.13 Å². The van der Waals surface area contributed by atoms with Crippen molar-refractivity contribution in [3.05, 3.63) is 47.0 Å². The molecule has 1 N–H and O–H groups in total. The zero-order chi connectivity index (χ0) is 14.8. The number of anilines is 1. The van der Waals surface area contributed by atoms with Crippen LogP contribution in [0.2, 0.25) is 0 Å². The molecule has 112 valence electrons. The smallest absolute Gasteiger partial charge is 0.185 e. The van der Waals surface area contributed by atoms with Crippen LogP contribution in [0.25, 0.3) is 0 Å². The first-order chi connectivity index (χ1) is 10.1. The van der Waals surface area contributed by atoms with Crippen LogP contribution in [0.1, 0.15) is 37.1 Å². The van der Waals surface area contributed by atoms with Crippen molar-refractivity contribution in [3.63, 3.8) is 0 Å². The predicted molar refractivity (Wildman–Crippen MR) is 87.8 cm³/mol. The molecule has 0 radical (unpaired) electrons. The van der Waals surface area contributed by atoms with Gasteiger partial charge in [-0.1, -0.05) is 30.3 Å². The molecule has 2 unspecified atom stereocenters. The van der Waals surface area contributed by atoms with Crippen molar-refractivity contribution in [1.82, 2.24) is 4.98 Å². The zero-order valence-corrected chi connectivity index (χ0v) is 13.4. The molecule has 1 heterocycles. The Labute approximate surface area is 130 Å². The molecule has 0 amide bonds. The van der Waals surface area contributed by atoms with Gasteiger partial charge >= 0.3 is 0 Å². The van der Waals surface area contributed by atoms with Gasteiger partial charge < -0.3 is 10.0 Å². The van der Waals surface area contributed by atoms with Crippen LogP contribution in [0.3, 0.4) is 0 Å². The highest BCUT2D eigenvalue weighted by Crippen LogP contribution is 2.37. The fourth-order valence-electron chi connectivity index (χ4n) is 2.61. The maximum absolute atomic E-state index is 10.3. The van der Waals surface area contributed by atoms with Crippen molar-refractivity contribution in [3.8, 4) is 0 Å². The van der Waals surface area contributed by atoms with Gasteiger partial charge in [-0.05, 0) is 31.2 Å². The number of rotatable bonds is 6. The predicted octanol–water partition coefficient (Wildman–Crippen LogP) is 3.65. The normalized spacial score (nSPS) is 17.5. The number of aromatic nitrogens is 1. The van der Waals surface area contributed by atoms with Crippen molar-refractivity contribution < 1.29 is 5.11 Å². The largest absolute Gasteiger partial charge is 0.388 e. The van der Waals surface area contributed by atoms with Crippen LogP contribution in [-0.4, -0.2) is 23.2 Å². The Hall–Kier alpha value is -1.39. The van der Waals surface area contributed by atoms with E-state index in [1.165, 1.54) is 12.8 Å². The van der Waals surface area contributed by atoms with E-state index in [0.29, 0.717) is 12.5 Å². The van der Waals surface area contributed by atoms with Crippen molar-refractivity contribution in [1.29, 1.82) is 0 Å². The molecule has 1 aliphatic carbocycles. The lowest BCUT2D eigenvalue weighted by molar-refractivity contribution is 0.177. The first-order valence-electron chi connectivity index (χ1n) is 7.55. The Balaban J connectivity index is 1.64. The number of aliphatic hydroxyl groups excluding tert-OH is 1. The summed E-state index contributed by atoms with van der Waals surface area (Å²) in [6.45, 7) is 2.28. The zero-order valence-electron chi connectivity index (χ0n) is 12.6. The van der Waals surface area contributed by atoms with Gasteiger partial charge in [-0.15, -0.1) is 11.3 Å². The summed E-state index contributed by atoms with van der Waals surface area (Å²) in [7, 11) is 2.12. The Morgan fingerprint density at radius 3 is 2.71 bits per heavy atom. The van der Waals surface area contributed by atoms with Crippen LogP contribution in [0.4, 0.5) is 5.13 Å². The third kappa shape index (κ3) is 3.44. The number of aliphatic hydroxyl groups is 1. The van der Waals surface area contributed by atoms with Crippen LogP contribution in [0, 0.1) is 5.92 Å². The topological polar surface area (TPSA) is 36.4 Å². The van der Waals surface area contributed by atoms with Crippen molar-refractivity contribution >= 4 is 16.5 Å². The van der Waals surface area contributed by atoms with Crippen molar-refractivity contribution in [2.45, 2.75) is 38.3 Å². The molecule has 1 saturated carbocycles. The quantitative estimate of drug-likeness (QED) is 0.885. The molecule has 0 aliphatic heterocycles. The van der Waals surface area contributed by atoms with Crippen LogP contribution in [0.5, 0.6) is 0 Å². The lowest BCUT2D eigenvalue weighted by atomic mass is 10.1. The summed E-state index contributed by atoms with van der Waals surface area (Å²) in [6, 6.07) is 10.3. The highest BCUT2D eigenvalue weighted by molar-refractivity contribution is 7.13. The van der Waals surface area contributed by atoms with E-state index in [1.807, 2.05) is 30.3 Å². The van der Waals surface area contributed by atoms with Gasteiger partial charge in [-0.3, -0.25) is 0 Å². The minimum Gasteiger partial charge on any atom is -0.388 e. The molecule has 3 nitrogen and oxygen atoms in total. The summed E-state index contributed by atoms with van der Waals surface area (Å²) < 4.78 is 0.